The molecule has 1 fully saturated rings. The molecule has 1 spiro atoms. The van der Waals surface area contributed by atoms with Crippen LogP contribution in [0.1, 0.15) is 47.9 Å². The standard InChI is InChI=1S/C14H17BO2/c16-15(17)13-11-3-1-2-9(11)8-10-4-5-14(6-7-14)12(10)13/h8,16-17H,1-7H2. The fourth-order valence-corrected chi connectivity index (χ4v) is 4.10. The first kappa shape index (κ1) is 10.2. The molecule has 1 saturated carbocycles. The first-order valence-corrected chi connectivity index (χ1v) is 6.75. The minimum absolute atomic E-state index is 0.339. The fourth-order valence-electron chi connectivity index (χ4n) is 4.10. The molecule has 0 radical (unpaired) electrons. The zero-order chi connectivity index (χ0) is 11.6. The molecule has 0 heterocycles. The van der Waals surface area contributed by atoms with Gasteiger partial charge in [-0.3, -0.25) is 0 Å². The van der Waals surface area contributed by atoms with Gasteiger partial charge in [-0.25, -0.2) is 0 Å². The lowest BCUT2D eigenvalue weighted by Gasteiger charge is -2.18. The van der Waals surface area contributed by atoms with E-state index in [1.54, 1.807) is 0 Å². The van der Waals surface area contributed by atoms with Crippen molar-refractivity contribution in [3.05, 3.63) is 28.3 Å². The Balaban J connectivity index is 2.01. The number of aryl methyl sites for hydroxylation is 2. The lowest BCUT2D eigenvalue weighted by Crippen LogP contribution is -2.38. The molecule has 3 heteroatoms. The third-order valence-corrected chi connectivity index (χ3v) is 5.04. The highest BCUT2D eigenvalue weighted by atomic mass is 16.4. The van der Waals surface area contributed by atoms with Crippen LogP contribution in [0.15, 0.2) is 6.07 Å². The second-order valence-electron chi connectivity index (χ2n) is 5.97. The van der Waals surface area contributed by atoms with E-state index in [1.165, 1.54) is 47.9 Å². The van der Waals surface area contributed by atoms with E-state index in [9.17, 15) is 10.0 Å². The van der Waals surface area contributed by atoms with Crippen molar-refractivity contribution in [1.29, 1.82) is 0 Å². The lowest BCUT2D eigenvalue weighted by molar-refractivity contribution is 0.424. The normalized spacial score (nSPS) is 22.7. The molecule has 2 nitrogen and oxygen atoms in total. The summed E-state index contributed by atoms with van der Waals surface area (Å²) < 4.78 is 0. The SMILES string of the molecule is OB(O)c1c2c(cc3c1C1(CC3)CC1)CCC2. The van der Waals surface area contributed by atoms with Crippen LogP contribution < -0.4 is 5.46 Å². The van der Waals surface area contributed by atoms with Gasteiger partial charge in [0.2, 0.25) is 0 Å². The van der Waals surface area contributed by atoms with E-state index in [4.69, 9.17) is 0 Å². The van der Waals surface area contributed by atoms with Crippen molar-refractivity contribution in [2.75, 3.05) is 0 Å². The van der Waals surface area contributed by atoms with Crippen molar-refractivity contribution in [3.8, 4) is 0 Å². The summed E-state index contributed by atoms with van der Waals surface area (Å²) in [5.74, 6) is 0. The first-order valence-electron chi connectivity index (χ1n) is 6.75. The van der Waals surface area contributed by atoms with Crippen LogP contribution in [0.5, 0.6) is 0 Å². The van der Waals surface area contributed by atoms with Crippen LogP contribution in [0, 0.1) is 0 Å². The molecule has 4 rings (SSSR count). The molecule has 1 aromatic rings. The van der Waals surface area contributed by atoms with E-state index in [-0.39, 0.29) is 0 Å². The highest BCUT2D eigenvalue weighted by molar-refractivity contribution is 6.60. The molecule has 0 atom stereocenters. The van der Waals surface area contributed by atoms with Gasteiger partial charge in [-0.2, -0.15) is 0 Å². The molecule has 17 heavy (non-hydrogen) atoms. The van der Waals surface area contributed by atoms with Crippen molar-refractivity contribution in [1.82, 2.24) is 0 Å². The molecule has 3 aliphatic carbocycles. The Labute approximate surface area is 102 Å². The van der Waals surface area contributed by atoms with E-state index < -0.39 is 7.12 Å². The quantitative estimate of drug-likeness (QED) is 0.699. The monoisotopic (exact) mass is 228 g/mol. The van der Waals surface area contributed by atoms with Crippen LogP contribution in [-0.2, 0) is 24.7 Å². The molecule has 3 aliphatic rings. The Morgan fingerprint density at radius 1 is 1.00 bits per heavy atom. The van der Waals surface area contributed by atoms with Crippen molar-refractivity contribution < 1.29 is 10.0 Å². The molecule has 0 aliphatic heterocycles. The van der Waals surface area contributed by atoms with Crippen LogP contribution in [-0.4, -0.2) is 17.2 Å². The van der Waals surface area contributed by atoms with Crippen LogP contribution in [0.3, 0.4) is 0 Å². The van der Waals surface area contributed by atoms with Gasteiger partial charge < -0.3 is 10.0 Å². The van der Waals surface area contributed by atoms with Crippen molar-refractivity contribution >= 4 is 12.6 Å². The van der Waals surface area contributed by atoms with E-state index in [0.29, 0.717) is 5.41 Å². The summed E-state index contributed by atoms with van der Waals surface area (Å²) in [7, 11) is -1.27. The third kappa shape index (κ3) is 1.24. The predicted molar refractivity (Wildman–Crippen MR) is 67.5 cm³/mol. The van der Waals surface area contributed by atoms with Gasteiger partial charge in [0.1, 0.15) is 0 Å². The van der Waals surface area contributed by atoms with Crippen LogP contribution in [0.4, 0.5) is 0 Å². The molecule has 1 aromatic carbocycles. The van der Waals surface area contributed by atoms with Crippen molar-refractivity contribution in [3.63, 3.8) is 0 Å². The Morgan fingerprint density at radius 2 is 1.82 bits per heavy atom. The zero-order valence-electron chi connectivity index (χ0n) is 10.00. The topological polar surface area (TPSA) is 40.5 Å². The number of rotatable bonds is 1. The highest BCUT2D eigenvalue weighted by Crippen LogP contribution is 2.56. The summed E-state index contributed by atoms with van der Waals surface area (Å²) in [6.07, 6.45) is 8.19. The molecule has 88 valence electrons. The third-order valence-electron chi connectivity index (χ3n) is 5.04. The Bertz CT molecular complexity index is 503. The van der Waals surface area contributed by atoms with Gasteiger partial charge in [-0.15, -0.1) is 0 Å². The summed E-state index contributed by atoms with van der Waals surface area (Å²) in [6, 6.07) is 2.36. The maximum absolute atomic E-state index is 9.77. The van der Waals surface area contributed by atoms with Gasteiger partial charge in [0, 0.05) is 0 Å². The van der Waals surface area contributed by atoms with Gasteiger partial charge in [0.15, 0.2) is 0 Å². The van der Waals surface area contributed by atoms with E-state index in [1.807, 2.05) is 0 Å². The first-order chi connectivity index (χ1) is 8.21. The fraction of sp³-hybridized carbons (Fsp3) is 0.571. The number of fused-ring (bicyclic) bond motifs is 3. The molecule has 0 aromatic heterocycles. The predicted octanol–water partition coefficient (Wildman–Crippen LogP) is 0.833. The van der Waals surface area contributed by atoms with E-state index in [2.05, 4.69) is 6.07 Å². The highest BCUT2D eigenvalue weighted by Gasteiger charge is 2.51. The average molecular weight is 228 g/mol. The van der Waals surface area contributed by atoms with Gasteiger partial charge in [0.25, 0.3) is 0 Å². The minimum Gasteiger partial charge on any atom is -0.423 e. The molecule has 2 N–H and O–H groups in total. The summed E-state index contributed by atoms with van der Waals surface area (Å²) in [6.45, 7) is 0. The Kier molecular flexibility index (Phi) is 1.88. The number of hydrogen-bond acceptors (Lipinski definition) is 2. The van der Waals surface area contributed by atoms with Crippen LogP contribution in [0.2, 0.25) is 0 Å². The summed E-state index contributed by atoms with van der Waals surface area (Å²) in [4.78, 5) is 0. The van der Waals surface area contributed by atoms with Crippen molar-refractivity contribution in [2.45, 2.75) is 50.4 Å². The van der Waals surface area contributed by atoms with Crippen LogP contribution in [0.25, 0.3) is 0 Å². The maximum atomic E-state index is 9.77. The van der Waals surface area contributed by atoms with Gasteiger partial charge in [0.05, 0.1) is 0 Å². The number of hydrogen-bond donors (Lipinski definition) is 2. The molecule has 0 unspecified atom stereocenters. The summed E-state index contributed by atoms with van der Waals surface area (Å²) >= 11 is 0. The largest absolute Gasteiger partial charge is 0.489 e. The molecule has 0 amide bonds. The average Bonchev–Trinajstić information content (AvgIpc) is 2.78. The van der Waals surface area contributed by atoms with E-state index in [0.717, 1.165) is 24.7 Å². The minimum atomic E-state index is -1.27. The second-order valence-corrected chi connectivity index (χ2v) is 5.97. The van der Waals surface area contributed by atoms with Gasteiger partial charge in [-0.1, -0.05) is 6.07 Å². The molecule has 0 bridgehead atoms. The van der Waals surface area contributed by atoms with Gasteiger partial charge >= 0.3 is 7.12 Å². The van der Waals surface area contributed by atoms with Gasteiger partial charge in [-0.05, 0) is 78.1 Å². The maximum Gasteiger partial charge on any atom is 0.489 e. The molecular formula is C14H17BO2. The zero-order valence-corrected chi connectivity index (χ0v) is 10.00. The number of benzene rings is 1. The molecule has 0 saturated heterocycles. The van der Waals surface area contributed by atoms with E-state index >= 15 is 0 Å². The van der Waals surface area contributed by atoms with Crippen molar-refractivity contribution in [2.24, 2.45) is 0 Å². The summed E-state index contributed by atoms with van der Waals surface area (Å²) in [5, 5.41) is 19.5. The lowest BCUT2D eigenvalue weighted by atomic mass is 9.69. The second kappa shape index (κ2) is 3.15. The Morgan fingerprint density at radius 3 is 2.53 bits per heavy atom. The van der Waals surface area contributed by atoms with Crippen LogP contribution >= 0.6 is 0 Å². The smallest absolute Gasteiger partial charge is 0.423 e. The molecular weight excluding hydrogens is 211 g/mol. The Hall–Kier alpha value is -0.795. The summed E-state index contributed by atoms with van der Waals surface area (Å²) in [5.41, 5.74) is 6.60.